The van der Waals surface area contributed by atoms with Gasteiger partial charge in [0.15, 0.2) is 0 Å². The summed E-state index contributed by atoms with van der Waals surface area (Å²) in [4.78, 5) is 12.1. The van der Waals surface area contributed by atoms with Crippen molar-refractivity contribution < 1.29 is 4.79 Å². The van der Waals surface area contributed by atoms with Gasteiger partial charge in [-0.2, -0.15) is 0 Å². The monoisotopic (exact) mass is 311 g/mol. The molecule has 0 aliphatic carbocycles. The van der Waals surface area contributed by atoms with E-state index in [1.807, 2.05) is 31.2 Å². The van der Waals surface area contributed by atoms with E-state index in [2.05, 4.69) is 35.1 Å². The van der Waals surface area contributed by atoms with Gasteiger partial charge >= 0.3 is 0 Å². The highest BCUT2D eigenvalue weighted by Gasteiger charge is 2.26. The summed E-state index contributed by atoms with van der Waals surface area (Å²) in [5.74, 6) is 0.104. The number of aryl methyl sites for hydroxylation is 1. The molecule has 1 amide bonds. The highest BCUT2D eigenvalue weighted by molar-refractivity contribution is 9.09. The van der Waals surface area contributed by atoms with E-state index in [1.165, 1.54) is 5.56 Å². The summed E-state index contributed by atoms with van der Waals surface area (Å²) in [7, 11) is 0. The SMILES string of the molecule is CCC(CC)(CBr)NC(=O)Cc1ccccc1C. The van der Waals surface area contributed by atoms with Crippen molar-refractivity contribution in [1.82, 2.24) is 5.32 Å². The Morgan fingerprint density at radius 1 is 1.28 bits per heavy atom. The van der Waals surface area contributed by atoms with Gasteiger partial charge in [0, 0.05) is 10.9 Å². The van der Waals surface area contributed by atoms with E-state index in [0.29, 0.717) is 6.42 Å². The van der Waals surface area contributed by atoms with Gasteiger partial charge in [-0.1, -0.05) is 54.0 Å². The first-order chi connectivity index (χ1) is 8.56. The zero-order valence-corrected chi connectivity index (χ0v) is 13.0. The first-order valence-electron chi connectivity index (χ1n) is 6.48. The van der Waals surface area contributed by atoms with Crippen LogP contribution in [0, 0.1) is 6.92 Å². The number of carbonyl (C=O) groups is 1. The Balaban J connectivity index is 2.70. The summed E-state index contributed by atoms with van der Waals surface area (Å²) < 4.78 is 0. The van der Waals surface area contributed by atoms with Crippen molar-refractivity contribution in [2.75, 3.05) is 5.33 Å². The second kappa shape index (κ2) is 6.93. The molecular formula is C15H22BrNO. The highest BCUT2D eigenvalue weighted by Crippen LogP contribution is 2.18. The highest BCUT2D eigenvalue weighted by atomic mass is 79.9. The molecule has 0 atom stereocenters. The molecule has 0 aliphatic heterocycles. The molecule has 18 heavy (non-hydrogen) atoms. The molecule has 0 unspecified atom stereocenters. The Kier molecular flexibility index (Phi) is 5.86. The number of hydrogen-bond acceptors (Lipinski definition) is 1. The molecule has 100 valence electrons. The van der Waals surface area contributed by atoms with Crippen molar-refractivity contribution in [2.24, 2.45) is 0 Å². The minimum atomic E-state index is -0.111. The average Bonchev–Trinajstić information content (AvgIpc) is 2.39. The van der Waals surface area contributed by atoms with Gasteiger partial charge in [-0.05, 0) is 30.9 Å². The van der Waals surface area contributed by atoms with Crippen molar-refractivity contribution in [3.05, 3.63) is 35.4 Å². The van der Waals surface area contributed by atoms with E-state index in [1.54, 1.807) is 0 Å². The van der Waals surface area contributed by atoms with E-state index in [-0.39, 0.29) is 11.4 Å². The van der Waals surface area contributed by atoms with Crippen LogP contribution in [-0.4, -0.2) is 16.8 Å². The van der Waals surface area contributed by atoms with Crippen LogP contribution in [-0.2, 0) is 11.2 Å². The summed E-state index contributed by atoms with van der Waals surface area (Å²) in [5.41, 5.74) is 2.16. The van der Waals surface area contributed by atoms with Crippen LogP contribution >= 0.6 is 15.9 Å². The number of carbonyl (C=O) groups excluding carboxylic acids is 1. The lowest BCUT2D eigenvalue weighted by Gasteiger charge is -2.31. The Hall–Kier alpha value is -0.830. The Bertz CT molecular complexity index is 391. The number of amides is 1. The largest absolute Gasteiger partial charge is 0.350 e. The second-order valence-electron chi connectivity index (χ2n) is 4.77. The van der Waals surface area contributed by atoms with Gasteiger partial charge in [-0.15, -0.1) is 0 Å². The Morgan fingerprint density at radius 3 is 2.39 bits per heavy atom. The molecule has 1 rings (SSSR count). The predicted octanol–water partition coefficient (Wildman–Crippen LogP) is 3.61. The predicted molar refractivity (Wildman–Crippen MR) is 80.1 cm³/mol. The van der Waals surface area contributed by atoms with Crippen LogP contribution in [0.4, 0.5) is 0 Å². The average molecular weight is 312 g/mol. The molecule has 1 N–H and O–H groups in total. The lowest BCUT2D eigenvalue weighted by Crippen LogP contribution is -2.49. The quantitative estimate of drug-likeness (QED) is 0.799. The molecule has 2 nitrogen and oxygen atoms in total. The van der Waals surface area contributed by atoms with E-state index >= 15 is 0 Å². The molecule has 0 bridgehead atoms. The zero-order valence-electron chi connectivity index (χ0n) is 11.4. The molecule has 0 saturated carbocycles. The van der Waals surface area contributed by atoms with Gasteiger partial charge in [0.25, 0.3) is 0 Å². The van der Waals surface area contributed by atoms with E-state index in [0.717, 1.165) is 23.7 Å². The molecule has 1 aromatic carbocycles. The number of benzene rings is 1. The van der Waals surface area contributed by atoms with Crippen molar-refractivity contribution >= 4 is 21.8 Å². The maximum Gasteiger partial charge on any atom is 0.224 e. The van der Waals surface area contributed by atoms with Crippen LogP contribution < -0.4 is 5.32 Å². The summed E-state index contributed by atoms with van der Waals surface area (Å²) in [6, 6.07) is 8.03. The summed E-state index contributed by atoms with van der Waals surface area (Å²) in [6.45, 7) is 6.26. The lowest BCUT2D eigenvalue weighted by molar-refractivity contribution is -0.122. The third kappa shape index (κ3) is 3.84. The zero-order chi connectivity index (χ0) is 13.6. The van der Waals surface area contributed by atoms with Crippen molar-refractivity contribution in [1.29, 1.82) is 0 Å². The van der Waals surface area contributed by atoms with Gasteiger partial charge in [-0.3, -0.25) is 4.79 Å². The maximum absolute atomic E-state index is 12.1. The van der Waals surface area contributed by atoms with Crippen LogP contribution in [0.25, 0.3) is 0 Å². The van der Waals surface area contributed by atoms with E-state index < -0.39 is 0 Å². The molecule has 0 radical (unpaired) electrons. The van der Waals surface area contributed by atoms with Crippen LogP contribution in [0.15, 0.2) is 24.3 Å². The first kappa shape index (κ1) is 15.2. The molecule has 0 heterocycles. The van der Waals surface area contributed by atoms with Crippen LogP contribution in [0.5, 0.6) is 0 Å². The van der Waals surface area contributed by atoms with Gasteiger partial charge in [0.1, 0.15) is 0 Å². The van der Waals surface area contributed by atoms with Crippen LogP contribution in [0.3, 0.4) is 0 Å². The molecule has 0 aliphatic rings. The minimum Gasteiger partial charge on any atom is -0.350 e. The fourth-order valence-corrected chi connectivity index (χ4v) is 2.90. The van der Waals surface area contributed by atoms with Crippen molar-refractivity contribution in [3.8, 4) is 0 Å². The summed E-state index contributed by atoms with van der Waals surface area (Å²) in [5, 5.41) is 3.97. The van der Waals surface area contributed by atoms with Crippen LogP contribution in [0.1, 0.15) is 37.8 Å². The Morgan fingerprint density at radius 2 is 1.89 bits per heavy atom. The number of halogens is 1. The molecule has 0 fully saturated rings. The van der Waals surface area contributed by atoms with E-state index in [9.17, 15) is 4.79 Å². The topological polar surface area (TPSA) is 29.1 Å². The number of nitrogens with one attached hydrogen (secondary N) is 1. The number of rotatable bonds is 6. The van der Waals surface area contributed by atoms with Crippen molar-refractivity contribution in [2.45, 2.75) is 45.6 Å². The number of hydrogen-bond donors (Lipinski definition) is 1. The third-order valence-corrected chi connectivity index (χ3v) is 4.70. The van der Waals surface area contributed by atoms with Gasteiger partial charge in [-0.25, -0.2) is 0 Å². The van der Waals surface area contributed by atoms with Gasteiger partial charge in [0.2, 0.25) is 5.91 Å². The third-order valence-electron chi connectivity index (χ3n) is 3.63. The fourth-order valence-electron chi connectivity index (χ4n) is 1.97. The van der Waals surface area contributed by atoms with Gasteiger partial charge in [0.05, 0.1) is 6.42 Å². The number of alkyl halides is 1. The summed E-state index contributed by atoms with van der Waals surface area (Å²) >= 11 is 3.51. The Labute approximate surface area is 118 Å². The molecular weight excluding hydrogens is 290 g/mol. The smallest absolute Gasteiger partial charge is 0.224 e. The maximum atomic E-state index is 12.1. The minimum absolute atomic E-state index is 0.104. The van der Waals surface area contributed by atoms with Crippen LogP contribution in [0.2, 0.25) is 0 Å². The first-order valence-corrected chi connectivity index (χ1v) is 7.60. The molecule has 3 heteroatoms. The second-order valence-corrected chi connectivity index (χ2v) is 5.33. The fraction of sp³-hybridized carbons (Fsp3) is 0.533. The van der Waals surface area contributed by atoms with Gasteiger partial charge < -0.3 is 5.32 Å². The normalized spacial score (nSPS) is 11.3. The summed E-state index contributed by atoms with van der Waals surface area (Å²) in [6.07, 6.45) is 2.34. The van der Waals surface area contributed by atoms with E-state index in [4.69, 9.17) is 0 Å². The standard InChI is InChI=1S/C15H22BrNO/c1-4-15(5-2,11-16)17-14(18)10-13-9-7-6-8-12(13)3/h6-9H,4-5,10-11H2,1-3H3,(H,17,18). The lowest BCUT2D eigenvalue weighted by atomic mass is 9.94. The molecule has 0 aromatic heterocycles. The molecule has 0 spiro atoms. The van der Waals surface area contributed by atoms with Crippen molar-refractivity contribution in [3.63, 3.8) is 0 Å². The molecule has 0 saturated heterocycles. The molecule has 1 aromatic rings.